The molecule has 23 heavy (non-hydrogen) atoms. The van der Waals surface area contributed by atoms with E-state index in [-0.39, 0.29) is 17.4 Å². The molecule has 8 heteroatoms. The Labute approximate surface area is 137 Å². The van der Waals surface area contributed by atoms with Crippen molar-refractivity contribution in [3.63, 3.8) is 0 Å². The van der Waals surface area contributed by atoms with Crippen LogP contribution < -0.4 is 10.6 Å². The average molecular weight is 331 g/mol. The SMILES string of the molecule is CNC(=O)[C@@H](NC(=O)N(O)C(=O)[C@@H](O)CCC(C)C)C(C)(C)C. The van der Waals surface area contributed by atoms with E-state index in [0.29, 0.717) is 6.42 Å². The first-order chi connectivity index (χ1) is 10.4. The van der Waals surface area contributed by atoms with Crippen molar-refractivity contribution in [2.24, 2.45) is 11.3 Å². The van der Waals surface area contributed by atoms with Crippen LogP contribution in [0.2, 0.25) is 0 Å². The van der Waals surface area contributed by atoms with Crippen LogP contribution in [0.25, 0.3) is 0 Å². The first-order valence-corrected chi connectivity index (χ1v) is 7.64. The molecule has 0 aromatic heterocycles. The molecule has 0 heterocycles. The summed E-state index contributed by atoms with van der Waals surface area (Å²) in [5.74, 6) is -1.29. The standard InChI is InChI=1S/C15H29N3O5/c1-9(2)7-8-10(19)13(21)18(23)14(22)17-11(12(20)16-6)15(3,4)5/h9-11,19,23H,7-8H2,1-6H3,(H,16,20)(H,17,22)/t10-,11+/m0/s1. The highest BCUT2D eigenvalue weighted by atomic mass is 16.5. The highest BCUT2D eigenvalue weighted by Gasteiger charge is 2.35. The normalized spacial score (nSPS) is 14.1. The molecular formula is C15H29N3O5. The first kappa shape index (κ1) is 21.3. The Balaban J connectivity index is 4.86. The van der Waals surface area contributed by atoms with Crippen LogP contribution in [0.3, 0.4) is 0 Å². The highest BCUT2D eigenvalue weighted by molar-refractivity contribution is 5.97. The molecule has 0 aliphatic heterocycles. The van der Waals surface area contributed by atoms with Crippen molar-refractivity contribution >= 4 is 17.8 Å². The summed E-state index contributed by atoms with van der Waals surface area (Å²) in [6, 6.07) is -2.10. The van der Waals surface area contributed by atoms with Crippen molar-refractivity contribution in [3.8, 4) is 0 Å². The number of rotatable bonds is 6. The van der Waals surface area contributed by atoms with E-state index >= 15 is 0 Å². The van der Waals surface area contributed by atoms with Gasteiger partial charge in [0.2, 0.25) is 5.91 Å². The minimum atomic E-state index is -1.47. The lowest BCUT2D eigenvalue weighted by atomic mass is 9.86. The summed E-state index contributed by atoms with van der Waals surface area (Å²) in [6.07, 6.45) is -0.759. The maximum atomic E-state index is 12.0. The van der Waals surface area contributed by atoms with E-state index in [2.05, 4.69) is 10.6 Å². The minimum absolute atomic E-state index is 0.138. The molecule has 0 aliphatic carbocycles. The van der Waals surface area contributed by atoms with E-state index in [4.69, 9.17) is 0 Å². The maximum absolute atomic E-state index is 12.0. The molecule has 0 unspecified atom stereocenters. The Morgan fingerprint density at radius 1 is 1.13 bits per heavy atom. The number of aliphatic hydroxyl groups excluding tert-OH is 1. The van der Waals surface area contributed by atoms with Crippen molar-refractivity contribution < 1.29 is 24.7 Å². The van der Waals surface area contributed by atoms with E-state index in [1.54, 1.807) is 20.8 Å². The van der Waals surface area contributed by atoms with E-state index in [1.807, 2.05) is 13.8 Å². The lowest BCUT2D eigenvalue weighted by molar-refractivity contribution is -0.163. The molecular weight excluding hydrogens is 302 g/mol. The van der Waals surface area contributed by atoms with E-state index in [0.717, 1.165) is 0 Å². The van der Waals surface area contributed by atoms with E-state index in [9.17, 15) is 24.7 Å². The summed E-state index contributed by atoms with van der Waals surface area (Å²) in [4.78, 5) is 35.6. The number of carbonyl (C=O) groups excluding carboxylic acids is 3. The van der Waals surface area contributed by atoms with Gasteiger partial charge in [-0.3, -0.25) is 14.8 Å². The van der Waals surface area contributed by atoms with Gasteiger partial charge in [0.05, 0.1) is 0 Å². The summed E-state index contributed by atoms with van der Waals surface area (Å²) in [6.45, 7) is 9.05. The topological polar surface area (TPSA) is 119 Å². The summed E-state index contributed by atoms with van der Waals surface area (Å²) < 4.78 is 0. The highest BCUT2D eigenvalue weighted by Crippen LogP contribution is 2.19. The van der Waals surface area contributed by atoms with Crippen molar-refractivity contribution in [1.82, 2.24) is 15.7 Å². The summed E-state index contributed by atoms with van der Waals surface area (Å²) in [7, 11) is 1.42. The van der Waals surface area contributed by atoms with E-state index in [1.165, 1.54) is 7.05 Å². The largest absolute Gasteiger partial charge is 0.383 e. The number of likely N-dealkylation sites (N-methyl/N-ethyl adjacent to an activating group) is 1. The second-order valence-corrected chi connectivity index (χ2v) is 7.00. The van der Waals surface area contributed by atoms with Crippen LogP contribution in [0.1, 0.15) is 47.5 Å². The van der Waals surface area contributed by atoms with Crippen LogP contribution in [0, 0.1) is 11.3 Å². The Kier molecular flexibility index (Phi) is 8.19. The molecule has 2 atom stereocenters. The smallest absolute Gasteiger partial charge is 0.349 e. The molecule has 0 bridgehead atoms. The average Bonchev–Trinajstić information content (AvgIpc) is 2.46. The number of hydrogen-bond acceptors (Lipinski definition) is 5. The lowest BCUT2D eigenvalue weighted by Crippen LogP contribution is -2.57. The van der Waals surface area contributed by atoms with Gasteiger partial charge < -0.3 is 15.7 Å². The third-order valence-corrected chi connectivity index (χ3v) is 3.35. The molecule has 0 aromatic carbocycles. The second kappa shape index (κ2) is 8.83. The number of imide groups is 1. The molecule has 134 valence electrons. The number of urea groups is 1. The first-order valence-electron chi connectivity index (χ1n) is 7.64. The molecule has 0 aromatic rings. The molecule has 0 aliphatic rings. The van der Waals surface area contributed by atoms with Gasteiger partial charge in [0.25, 0.3) is 5.91 Å². The zero-order valence-corrected chi connectivity index (χ0v) is 14.7. The minimum Gasteiger partial charge on any atom is -0.383 e. The zero-order chi connectivity index (χ0) is 18.4. The van der Waals surface area contributed by atoms with Crippen LogP contribution in [0.5, 0.6) is 0 Å². The van der Waals surface area contributed by atoms with Crippen LogP contribution in [-0.2, 0) is 9.59 Å². The molecule has 0 saturated carbocycles. The number of aliphatic hydroxyl groups is 1. The molecule has 4 N–H and O–H groups in total. The number of nitrogens with one attached hydrogen (secondary N) is 2. The zero-order valence-electron chi connectivity index (χ0n) is 14.7. The lowest BCUT2D eigenvalue weighted by Gasteiger charge is -2.30. The van der Waals surface area contributed by atoms with E-state index < -0.39 is 35.4 Å². The third kappa shape index (κ3) is 6.96. The number of hydrogen-bond donors (Lipinski definition) is 4. The Morgan fingerprint density at radius 2 is 1.65 bits per heavy atom. The van der Waals surface area contributed by atoms with Gasteiger partial charge >= 0.3 is 6.03 Å². The van der Waals surface area contributed by atoms with Crippen molar-refractivity contribution in [2.45, 2.75) is 59.6 Å². The fourth-order valence-electron chi connectivity index (χ4n) is 1.86. The van der Waals surface area contributed by atoms with Gasteiger partial charge in [0, 0.05) is 7.05 Å². The molecule has 8 nitrogen and oxygen atoms in total. The molecule has 0 rings (SSSR count). The molecule has 4 amide bonds. The summed E-state index contributed by atoms with van der Waals surface area (Å²) in [5.41, 5.74) is -0.629. The third-order valence-electron chi connectivity index (χ3n) is 3.35. The van der Waals surface area contributed by atoms with Gasteiger partial charge in [-0.1, -0.05) is 34.6 Å². The monoisotopic (exact) mass is 331 g/mol. The van der Waals surface area contributed by atoms with Gasteiger partial charge in [-0.05, 0) is 24.2 Å². The molecule has 0 spiro atoms. The van der Waals surface area contributed by atoms with Crippen LogP contribution in [0.4, 0.5) is 4.79 Å². The fourth-order valence-corrected chi connectivity index (χ4v) is 1.86. The molecule has 0 radical (unpaired) electrons. The van der Waals surface area contributed by atoms with Gasteiger partial charge in [-0.2, -0.15) is 0 Å². The van der Waals surface area contributed by atoms with Gasteiger partial charge in [-0.25, -0.2) is 4.79 Å². The maximum Gasteiger partial charge on any atom is 0.349 e. The van der Waals surface area contributed by atoms with Crippen LogP contribution in [0.15, 0.2) is 0 Å². The number of hydroxylamine groups is 2. The molecule has 0 fully saturated rings. The van der Waals surface area contributed by atoms with Gasteiger partial charge in [0.15, 0.2) is 0 Å². The summed E-state index contributed by atoms with van der Waals surface area (Å²) >= 11 is 0. The van der Waals surface area contributed by atoms with Crippen LogP contribution in [-0.4, -0.2) is 52.4 Å². The predicted molar refractivity (Wildman–Crippen MR) is 84.6 cm³/mol. The quantitative estimate of drug-likeness (QED) is 0.425. The molecule has 0 saturated heterocycles. The van der Waals surface area contributed by atoms with Crippen molar-refractivity contribution in [3.05, 3.63) is 0 Å². The Morgan fingerprint density at radius 3 is 2.04 bits per heavy atom. The summed E-state index contributed by atoms with van der Waals surface area (Å²) in [5, 5.41) is 23.9. The number of amides is 4. The Bertz CT molecular complexity index is 431. The van der Waals surface area contributed by atoms with Crippen molar-refractivity contribution in [2.75, 3.05) is 7.05 Å². The predicted octanol–water partition coefficient (Wildman–Crippen LogP) is 0.872. The van der Waals surface area contributed by atoms with Crippen molar-refractivity contribution in [1.29, 1.82) is 0 Å². The fraction of sp³-hybridized carbons (Fsp3) is 0.800. The van der Waals surface area contributed by atoms with Gasteiger partial charge in [-0.15, -0.1) is 5.06 Å². The second-order valence-electron chi connectivity index (χ2n) is 7.00. The van der Waals surface area contributed by atoms with Gasteiger partial charge in [0.1, 0.15) is 12.1 Å². The van der Waals surface area contributed by atoms with Crippen LogP contribution >= 0.6 is 0 Å². The number of nitrogens with zero attached hydrogens (tertiary/aromatic N) is 1. The Hall–Kier alpha value is -1.67. The number of carbonyl (C=O) groups is 3.